The number of hydrogen-bond donors (Lipinski definition) is 1. The molecule has 0 radical (unpaired) electrons. The molecular weight excluding hydrogens is 240 g/mol. The Morgan fingerprint density at radius 1 is 1.26 bits per heavy atom. The van der Waals surface area contributed by atoms with Crippen molar-refractivity contribution in [3.8, 4) is 0 Å². The highest BCUT2D eigenvalue weighted by Gasteiger charge is 2.12. The number of carbonyl (C=O) groups excluding carboxylic acids is 1. The van der Waals surface area contributed by atoms with Crippen LogP contribution in [0.3, 0.4) is 0 Å². The zero-order chi connectivity index (χ0) is 15.1. The minimum atomic E-state index is -0.118. The van der Waals surface area contributed by atoms with Crippen LogP contribution >= 0.6 is 0 Å². The van der Waals surface area contributed by atoms with Crippen LogP contribution in [0.25, 0.3) is 0 Å². The first-order valence-corrected chi connectivity index (χ1v) is 7.69. The number of rotatable bonds is 4. The lowest BCUT2D eigenvalue weighted by atomic mass is 10.00. The molecule has 3 heteroatoms. The first-order chi connectivity index (χ1) is 9.15. The Labute approximate surface area is 119 Å². The molecule has 0 saturated carbocycles. The summed E-state index contributed by atoms with van der Waals surface area (Å²) in [5.41, 5.74) is 0.873. The highest BCUT2D eigenvalue weighted by atomic mass is 16.5. The Balaban J connectivity index is 0. The van der Waals surface area contributed by atoms with Crippen molar-refractivity contribution in [2.75, 3.05) is 6.61 Å². The molecule has 19 heavy (non-hydrogen) atoms. The van der Waals surface area contributed by atoms with Gasteiger partial charge in [0.2, 0.25) is 0 Å². The molecule has 0 atom stereocenters. The maximum absolute atomic E-state index is 11.1. The van der Waals surface area contributed by atoms with Crippen molar-refractivity contribution < 1.29 is 14.6 Å². The number of aliphatic hydroxyl groups is 1. The normalized spacial score (nSPS) is 13.5. The van der Waals surface area contributed by atoms with Crippen LogP contribution in [0.1, 0.15) is 73.1 Å². The summed E-state index contributed by atoms with van der Waals surface area (Å²) in [6.07, 6.45) is 7.99. The first kappa shape index (κ1) is 20.5. The summed E-state index contributed by atoms with van der Waals surface area (Å²) in [4.78, 5) is 11.1. The van der Waals surface area contributed by atoms with Crippen LogP contribution in [-0.4, -0.2) is 23.8 Å². The van der Waals surface area contributed by atoms with Crippen molar-refractivity contribution >= 4 is 5.97 Å². The maximum Gasteiger partial charge on any atom is 0.333 e. The van der Waals surface area contributed by atoms with Crippen LogP contribution in [0.4, 0.5) is 0 Å². The van der Waals surface area contributed by atoms with Gasteiger partial charge in [-0.2, -0.15) is 0 Å². The Morgan fingerprint density at radius 3 is 2.16 bits per heavy atom. The molecule has 0 saturated heterocycles. The van der Waals surface area contributed by atoms with Gasteiger partial charge in [0.1, 0.15) is 0 Å². The van der Waals surface area contributed by atoms with Crippen molar-refractivity contribution in [3.05, 3.63) is 11.6 Å². The Hall–Kier alpha value is -0.830. The van der Waals surface area contributed by atoms with E-state index in [9.17, 15) is 4.79 Å². The molecule has 0 aliphatic heterocycles. The number of allylic oxidation sites excluding steroid dienone is 1. The minimum absolute atomic E-state index is 0.0648. The van der Waals surface area contributed by atoms with Gasteiger partial charge in [0.15, 0.2) is 0 Å². The summed E-state index contributed by atoms with van der Waals surface area (Å²) in [7, 11) is 0. The quantitative estimate of drug-likeness (QED) is 0.778. The van der Waals surface area contributed by atoms with E-state index >= 15 is 0 Å². The molecule has 0 aromatic heterocycles. The molecule has 1 N–H and O–H groups in total. The Kier molecular flexibility index (Phi) is 16.4. The summed E-state index contributed by atoms with van der Waals surface area (Å²) in [5, 5.41) is 8.67. The number of esters is 1. The molecule has 1 rings (SSSR count). The molecule has 1 aliphatic carbocycles. The van der Waals surface area contributed by atoms with E-state index in [-0.39, 0.29) is 12.1 Å². The average Bonchev–Trinajstić information content (AvgIpc) is 2.50. The minimum Gasteiger partial charge on any atom is -0.463 e. The molecule has 3 nitrogen and oxygen atoms in total. The van der Waals surface area contributed by atoms with E-state index in [1.165, 1.54) is 6.42 Å². The second-order valence-corrected chi connectivity index (χ2v) is 4.17. The van der Waals surface area contributed by atoms with Gasteiger partial charge in [-0.1, -0.05) is 33.8 Å². The van der Waals surface area contributed by atoms with Gasteiger partial charge in [-0.05, 0) is 45.4 Å². The lowest BCUT2D eigenvalue weighted by Crippen LogP contribution is -2.09. The molecular formula is C16H32O3. The van der Waals surface area contributed by atoms with E-state index in [4.69, 9.17) is 9.84 Å². The lowest BCUT2D eigenvalue weighted by Gasteiger charge is -2.10. The van der Waals surface area contributed by atoms with Crippen LogP contribution < -0.4 is 0 Å². The third kappa shape index (κ3) is 12.0. The van der Waals surface area contributed by atoms with Gasteiger partial charge in [-0.15, -0.1) is 0 Å². The molecule has 0 fully saturated rings. The van der Waals surface area contributed by atoms with E-state index in [1.54, 1.807) is 0 Å². The Morgan fingerprint density at radius 2 is 1.84 bits per heavy atom. The smallest absolute Gasteiger partial charge is 0.333 e. The third-order valence-corrected chi connectivity index (χ3v) is 2.77. The van der Waals surface area contributed by atoms with Gasteiger partial charge in [0, 0.05) is 5.57 Å². The van der Waals surface area contributed by atoms with Crippen LogP contribution in [0.2, 0.25) is 0 Å². The second kappa shape index (κ2) is 15.2. The van der Waals surface area contributed by atoms with Gasteiger partial charge in [0.25, 0.3) is 0 Å². The van der Waals surface area contributed by atoms with Gasteiger partial charge < -0.3 is 9.84 Å². The predicted octanol–water partition coefficient (Wildman–Crippen LogP) is 4.24. The fraction of sp³-hybridized carbons (Fsp3) is 0.812. The van der Waals surface area contributed by atoms with E-state index in [2.05, 4.69) is 0 Å². The number of ether oxygens (including phenoxy) is 1. The molecule has 0 heterocycles. The SMILES string of the molecule is CC.CCC(O)CC.CCOC(=O)C1=CCCCC1. The largest absolute Gasteiger partial charge is 0.463 e. The van der Waals surface area contributed by atoms with Crippen LogP contribution in [0.5, 0.6) is 0 Å². The zero-order valence-corrected chi connectivity index (χ0v) is 13.4. The van der Waals surface area contributed by atoms with Crippen molar-refractivity contribution in [3.63, 3.8) is 0 Å². The van der Waals surface area contributed by atoms with E-state index in [0.717, 1.165) is 37.7 Å². The third-order valence-electron chi connectivity index (χ3n) is 2.77. The van der Waals surface area contributed by atoms with Crippen molar-refractivity contribution in [1.29, 1.82) is 0 Å². The summed E-state index contributed by atoms with van der Waals surface area (Å²) in [6, 6.07) is 0. The Bertz CT molecular complexity index is 230. The molecule has 0 unspecified atom stereocenters. The molecule has 0 spiro atoms. The number of carbonyl (C=O) groups is 1. The molecule has 1 aliphatic rings. The fourth-order valence-electron chi connectivity index (χ4n) is 1.54. The topological polar surface area (TPSA) is 46.5 Å². The number of aliphatic hydroxyl groups excluding tert-OH is 1. The van der Waals surface area contributed by atoms with Gasteiger partial charge in [-0.25, -0.2) is 4.79 Å². The van der Waals surface area contributed by atoms with Crippen molar-refractivity contribution in [2.45, 2.75) is 79.2 Å². The summed E-state index contributed by atoms with van der Waals surface area (Å²) < 4.78 is 4.87. The van der Waals surface area contributed by atoms with Crippen LogP contribution in [-0.2, 0) is 9.53 Å². The summed E-state index contributed by atoms with van der Waals surface area (Å²) in [6.45, 7) is 10.3. The monoisotopic (exact) mass is 272 g/mol. The zero-order valence-electron chi connectivity index (χ0n) is 13.4. The van der Waals surface area contributed by atoms with Crippen molar-refractivity contribution in [2.24, 2.45) is 0 Å². The molecule has 0 aromatic carbocycles. The summed E-state index contributed by atoms with van der Waals surface area (Å²) in [5.74, 6) is -0.118. The average molecular weight is 272 g/mol. The lowest BCUT2D eigenvalue weighted by molar-refractivity contribution is -0.138. The standard InChI is InChI=1S/C9H14O2.C5H12O.C2H6/c1-2-11-9(10)8-6-4-3-5-7-8;1-3-5(6)4-2;1-2/h6H,2-5,7H2,1H3;5-6H,3-4H2,1-2H3;1-2H3. The molecule has 0 bridgehead atoms. The highest BCUT2D eigenvalue weighted by molar-refractivity contribution is 5.88. The first-order valence-electron chi connectivity index (χ1n) is 7.69. The van der Waals surface area contributed by atoms with E-state index in [1.807, 2.05) is 40.7 Å². The van der Waals surface area contributed by atoms with Crippen molar-refractivity contribution in [1.82, 2.24) is 0 Å². The second-order valence-electron chi connectivity index (χ2n) is 4.17. The fourth-order valence-corrected chi connectivity index (χ4v) is 1.54. The van der Waals surface area contributed by atoms with Crippen LogP contribution in [0, 0.1) is 0 Å². The summed E-state index contributed by atoms with van der Waals surface area (Å²) >= 11 is 0. The molecule has 0 amide bonds. The van der Waals surface area contributed by atoms with Crippen LogP contribution in [0.15, 0.2) is 11.6 Å². The molecule has 0 aromatic rings. The molecule has 114 valence electrons. The van der Waals surface area contributed by atoms with Gasteiger partial charge in [0.05, 0.1) is 12.7 Å². The maximum atomic E-state index is 11.1. The van der Waals surface area contributed by atoms with E-state index < -0.39 is 0 Å². The van der Waals surface area contributed by atoms with E-state index in [0.29, 0.717) is 6.61 Å². The highest BCUT2D eigenvalue weighted by Crippen LogP contribution is 2.17. The predicted molar refractivity (Wildman–Crippen MR) is 81.1 cm³/mol. The number of hydrogen-bond acceptors (Lipinski definition) is 3. The van der Waals surface area contributed by atoms with Gasteiger partial charge in [-0.3, -0.25) is 0 Å². The van der Waals surface area contributed by atoms with Gasteiger partial charge >= 0.3 is 5.97 Å².